The summed E-state index contributed by atoms with van der Waals surface area (Å²) in [6.07, 6.45) is -4.49. The molecule has 30 heavy (non-hydrogen) atoms. The summed E-state index contributed by atoms with van der Waals surface area (Å²) in [6, 6.07) is 9.76. The Hall–Kier alpha value is -2.49. The van der Waals surface area contributed by atoms with Crippen molar-refractivity contribution >= 4 is 26.2 Å². The van der Waals surface area contributed by atoms with E-state index in [-0.39, 0.29) is 18.1 Å². The van der Waals surface area contributed by atoms with Crippen molar-refractivity contribution in [1.29, 1.82) is 0 Å². The zero-order chi connectivity index (χ0) is 22.2. The Labute approximate surface area is 186 Å². The molecule has 8 heteroatoms. The lowest BCUT2D eigenvalue weighted by Gasteiger charge is -2.15. The number of hydrogen-bond donors (Lipinski definition) is 1. The van der Waals surface area contributed by atoms with E-state index in [0.717, 1.165) is 21.9 Å². The lowest BCUT2D eigenvalue weighted by atomic mass is 10.0. The number of aromatic hydroxyl groups is 1. The van der Waals surface area contributed by atoms with Crippen molar-refractivity contribution in [3.63, 3.8) is 0 Å². The first-order valence-corrected chi connectivity index (χ1v) is 10.1. The zero-order valence-corrected chi connectivity index (χ0v) is 18.8. The standard InChI is InChI=1S/C22H20F3IN2O2/c1-12-6-5-7-19(29)17(12)11-30-20-9-15(14(3)26)16(8-13(20)2)18-10-21(22(23,24)25)28(4)27-18/h5-10,29H,3,11H2,1-2,4H3. The number of nitrogens with zero attached hydrogens (tertiary/aromatic N) is 2. The minimum atomic E-state index is -4.49. The minimum absolute atomic E-state index is 0.149. The van der Waals surface area contributed by atoms with Crippen LogP contribution in [0.5, 0.6) is 11.5 Å². The SMILES string of the molecule is C=C(I)c1cc(OCc2c(C)cccc2O)c(C)cc1-c1cc(C(F)(F)F)n(C)n1. The minimum Gasteiger partial charge on any atom is -0.508 e. The number of benzene rings is 2. The van der Waals surface area contributed by atoms with Crippen LogP contribution >= 0.6 is 22.6 Å². The Morgan fingerprint density at radius 3 is 2.47 bits per heavy atom. The lowest BCUT2D eigenvalue weighted by Crippen LogP contribution is -2.11. The molecule has 1 aromatic heterocycles. The highest BCUT2D eigenvalue weighted by atomic mass is 127. The van der Waals surface area contributed by atoms with Gasteiger partial charge in [0.05, 0.1) is 5.69 Å². The monoisotopic (exact) mass is 528 g/mol. The second-order valence-electron chi connectivity index (χ2n) is 6.97. The number of aryl methyl sites for hydroxylation is 3. The van der Waals surface area contributed by atoms with Crippen LogP contribution < -0.4 is 4.74 Å². The first-order valence-electron chi connectivity index (χ1n) is 9.00. The van der Waals surface area contributed by atoms with E-state index in [1.807, 2.05) is 42.5 Å². The molecule has 0 amide bonds. The molecule has 3 aromatic rings. The fourth-order valence-electron chi connectivity index (χ4n) is 3.17. The fraction of sp³-hybridized carbons (Fsp3) is 0.227. The van der Waals surface area contributed by atoms with Crippen molar-refractivity contribution < 1.29 is 23.0 Å². The van der Waals surface area contributed by atoms with Gasteiger partial charge in [0.2, 0.25) is 0 Å². The van der Waals surface area contributed by atoms with Gasteiger partial charge in [-0.05, 0) is 71.8 Å². The van der Waals surface area contributed by atoms with Crippen LogP contribution in [0.2, 0.25) is 0 Å². The Bertz CT molecular complexity index is 1100. The van der Waals surface area contributed by atoms with Crippen LogP contribution in [0.15, 0.2) is 43.0 Å². The van der Waals surface area contributed by atoms with Crippen molar-refractivity contribution in [1.82, 2.24) is 9.78 Å². The number of halogens is 4. The maximum Gasteiger partial charge on any atom is 0.433 e. The highest BCUT2D eigenvalue weighted by Gasteiger charge is 2.35. The predicted octanol–water partition coefficient (Wildman–Crippen LogP) is 6.41. The summed E-state index contributed by atoms with van der Waals surface area (Å²) < 4.78 is 47.0. The molecule has 2 aromatic carbocycles. The second-order valence-corrected chi connectivity index (χ2v) is 8.27. The van der Waals surface area contributed by atoms with Crippen molar-refractivity contribution in [3.8, 4) is 22.8 Å². The topological polar surface area (TPSA) is 47.3 Å². The quantitative estimate of drug-likeness (QED) is 0.390. The van der Waals surface area contributed by atoms with E-state index in [0.29, 0.717) is 26.0 Å². The summed E-state index contributed by atoms with van der Waals surface area (Å²) in [5.41, 5.74) is 2.88. The van der Waals surface area contributed by atoms with Crippen molar-refractivity contribution in [2.75, 3.05) is 0 Å². The summed E-state index contributed by atoms with van der Waals surface area (Å²) in [5.74, 6) is 0.706. The molecule has 0 radical (unpaired) electrons. The molecule has 0 saturated carbocycles. The van der Waals surface area contributed by atoms with Crippen molar-refractivity contribution in [2.45, 2.75) is 26.6 Å². The van der Waals surface area contributed by atoms with Gasteiger partial charge in [0.15, 0.2) is 0 Å². The number of phenols is 1. The van der Waals surface area contributed by atoms with Crippen LogP contribution in [-0.2, 0) is 19.8 Å². The van der Waals surface area contributed by atoms with Crippen LogP contribution in [0.4, 0.5) is 13.2 Å². The molecule has 0 bridgehead atoms. The van der Waals surface area contributed by atoms with Gasteiger partial charge in [-0.15, -0.1) is 0 Å². The number of rotatable bonds is 5. The average Bonchev–Trinajstić information content (AvgIpc) is 3.04. The largest absolute Gasteiger partial charge is 0.508 e. The number of aromatic nitrogens is 2. The Balaban J connectivity index is 2.00. The molecule has 0 fully saturated rings. The first-order chi connectivity index (χ1) is 14.0. The van der Waals surface area contributed by atoms with Gasteiger partial charge in [0.1, 0.15) is 23.8 Å². The van der Waals surface area contributed by atoms with E-state index >= 15 is 0 Å². The molecule has 4 nitrogen and oxygen atoms in total. The van der Waals surface area contributed by atoms with E-state index in [1.54, 1.807) is 24.3 Å². The molecule has 0 spiro atoms. The number of ether oxygens (including phenoxy) is 1. The first kappa shape index (κ1) is 22.2. The normalized spacial score (nSPS) is 11.6. The summed E-state index contributed by atoms with van der Waals surface area (Å²) >= 11 is 2.02. The third-order valence-corrected chi connectivity index (χ3v) is 5.39. The molecule has 158 valence electrons. The average molecular weight is 528 g/mol. The van der Waals surface area contributed by atoms with Crippen molar-refractivity contribution in [2.24, 2.45) is 7.05 Å². The van der Waals surface area contributed by atoms with E-state index < -0.39 is 11.9 Å². The Morgan fingerprint density at radius 1 is 1.20 bits per heavy atom. The molecular weight excluding hydrogens is 508 g/mol. The Kier molecular flexibility index (Phi) is 6.16. The third kappa shape index (κ3) is 4.48. The third-order valence-electron chi connectivity index (χ3n) is 4.81. The summed E-state index contributed by atoms with van der Waals surface area (Å²) in [4.78, 5) is 0. The number of phenolic OH excluding ortho intramolecular Hbond substituents is 1. The number of alkyl halides is 3. The van der Waals surface area contributed by atoms with Crippen LogP contribution in [0.3, 0.4) is 0 Å². The number of hydrogen-bond acceptors (Lipinski definition) is 3. The molecule has 0 aliphatic heterocycles. The Morgan fingerprint density at radius 2 is 1.90 bits per heavy atom. The van der Waals surface area contributed by atoms with Gasteiger partial charge in [0, 0.05) is 27.3 Å². The highest BCUT2D eigenvalue weighted by Crippen LogP contribution is 2.38. The van der Waals surface area contributed by atoms with Gasteiger partial charge < -0.3 is 9.84 Å². The van der Waals surface area contributed by atoms with Gasteiger partial charge >= 0.3 is 6.18 Å². The molecule has 1 N–H and O–H groups in total. The van der Waals surface area contributed by atoms with Crippen LogP contribution in [0.1, 0.15) is 27.9 Å². The van der Waals surface area contributed by atoms with E-state index in [4.69, 9.17) is 4.74 Å². The molecule has 3 rings (SSSR count). The molecule has 0 atom stereocenters. The summed E-state index contributed by atoms with van der Waals surface area (Å²) in [5, 5.41) is 14.1. The molecule has 0 unspecified atom stereocenters. The summed E-state index contributed by atoms with van der Waals surface area (Å²) in [6.45, 7) is 7.79. The summed E-state index contributed by atoms with van der Waals surface area (Å²) in [7, 11) is 1.27. The second kappa shape index (κ2) is 8.33. The van der Waals surface area contributed by atoms with Gasteiger partial charge in [0.25, 0.3) is 0 Å². The van der Waals surface area contributed by atoms with E-state index in [1.165, 1.54) is 7.05 Å². The maximum absolute atomic E-state index is 13.2. The molecular formula is C22H20F3IN2O2. The molecule has 0 aliphatic carbocycles. The highest BCUT2D eigenvalue weighted by molar-refractivity contribution is 14.1. The predicted molar refractivity (Wildman–Crippen MR) is 119 cm³/mol. The molecule has 0 saturated heterocycles. The smallest absolute Gasteiger partial charge is 0.433 e. The van der Waals surface area contributed by atoms with Gasteiger partial charge in [-0.3, -0.25) is 4.68 Å². The van der Waals surface area contributed by atoms with E-state index in [9.17, 15) is 18.3 Å². The lowest BCUT2D eigenvalue weighted by molar-refractivity contribution is -0.143. The van der Waals surface area contributed by atoms with Gasteiger partial charge in [-0.25, -0.2) is 0 Å². The van der Waals surface area contributed by atoms with Crippen LogP contribution in [0.25, 0.3) is 14.8 Å². The molecule has 1 heterocycles. The maximum atomic E-state index is 13.2. The van der Waals surface area contributed by atoms with Crippen LogP contribution in [0, 0.1) is 13.8 Å². The molecule has 0 aliphatic rings. The fourth-order valence-corrected chi connectivity index (χ4v) is 3.61. The van der Waals surface area contributed by atoms with Crippen molar-refractivity contribution in [3.05, 3.63) is 70.9 Å². The van der Waals surface area contributed by atoms with Gasteiger partial charge in [-0.2, -0.15) is 18.3 Å². The van der Waals surface area contributed by atoms with Gasteiger partial charge in [-0.1, -0.05) is 18.7 Å². The van der Waals surface area contributed by atoms with Crippen LogP contribution in [-0.4, -0.2) is 14.9 Å². The zero-order valence-electron chi connectivity index (χ0n) is 16.6. The van der Waals surface area contributed by atoms with E-state index in [2.05, 4.69) is 11.7 Å².